The van der Waals surface area contributed by atoms with Crippen LogP contribution in [0.1, 0.15) is 40.9 Å². The van der Waals surface area contributed by atoms with Crippen LogP contribution in [0.15, 0.2) is 48.5 Å². The third-order valence-electron chi connectivity index (χ3n) is 4.04. The van der Waals surface area contributed by atoms with E-state index in [0.29, 0.717) is 12.1 Å². The number of hydrogen-bond acceptors (Lipinski definition) is 4. The number of carbonyl (C=O) groups is 1. The molecule has 0 heterocycles. The molecule has 5 nitrogen and oxygen atoms in total. The molecular weight excluding hydrogens is 340 g/mol. The average molecular weight is 365 g/mol. The number of hydrogen-bond donors (Lipinski definition) is 4. The first-order valence-corrected chi connectivity index (χ1v) is 8.05. The third-order valence-corrected chi connectivity index (χ3v) is 4.04. The Morgan fingerprint density at radius 2 is 1.88 bits per heavy atom. The standard InChI is InChI=1S/C19H24N2O3.ClH/c1-13(7-8-14-5-3-2-4-6-14)21-12-18(23)15-9-10-17(22)16(11-15)19(20)24;/h2-6,9-11,13,18,21-23H,7-8,12H2,1H3,(H2,20,24);1H/t13-,18-;/m1./s1. The van der Waals surface area contributed by atoms with Gasteiger partial charge in [0.25, 0.3) is 5.91 Å². The summed E-state index contributed by atoms with van der Waals surface area (Å²) in [6, 6.07) is 14.9. The molecule has 2 atom stereocenters. The van der Waals surface area contributed by atoms with E-state index in [9.17, 15) is 15.0 Å². The van der Waals surface area contributed by atoms with Crippen molar-refractivity contribution in [2.75, 3.05) is 6.54 Å². The van der Waals surface area contributed by atoms with Gasteiger partial charge in [0.1, 0.15) is 5.75 Å². The average Bonchev–Trinajstić information content (AvgIpc) is 2.59. The second-order valence-corrected chi connectivity index (χ2v) is 5.99. The van der Waals surface area contributed by atoms with E-state index in [0.717, 1.165) is 12.8 Å². The lowest BCUT2D eigenvalue weighted by Gasteiger charge is -2.18. The minimum Gasteiger partial charge on any atom is -0.507 e. The molecule has 25 heavy (non-hydrogen) atoms. The molecule has 2 aromatic carbocycles. The van der Waals surface area contributed by atoms with Gasteiger partial charge in [-0.3, -0.25) is 4.79 Å². The van der Waals surface area contributed by atoms with E-state index in [4.69, 9.17) is 5.73 Å². The van der Waals surface area contributed by atoms with E-state index in [2.05, 4.69) is 24.4 Å². The number of aliphatic hydroxyl groups is 1. The fourth-order valence-corrected chi connectivity index (χ4v) is 2.52. The Hall–Kier alpha value is -2.08. The largest absolute Gasteiger partial charge is 0.507 e. The Labute approximate surface area is 154 Å². The first-order chi connectivity index (χ1) is 11.5. The number of aromatic hydroxyl groups is 1. The molecule has 0 saturated carbocycles. The van der Waals surface area contributed by atoms with Crippen molar-refractivity contribution in [1.82, 2.24) is 5.32 Å². The Kier molecular flexibility index (Phi) is 8.41. The Morgan fingerprint density at radius 3 is 2.52 bits per heavy atom. The number of nitrogens with one attached hydrogen (secondary N) is 1. The summed E-state index contributed by atoms with van der Waals surface area (Å²) in [4.78, 5) is 11.2. The first-order valence-electron chi connectivity index (χ1n) is 8.05. The minimum absolute atomic E-state index is 0. The van der Waals surface area contributed by atoms with Crippen LogP contribution in [0.3, 0.4) is 0 Å². The van der Waals surface area contributed by atoms with Crippen molar-refractivity contribution < 1.29 is 15.0 Å². The van der Waals surface area contributed by atoms with Crippen molar-refractivity contribution in [2.45, 2.75) is 31.9 Å². The number of phenols is 1. The van der Waals surface area contributed by atoms with Gasteiger partial charge in [0.15, 0.2) is 0 Å². The maximum absolute atomic E-state index is 11.2. The van der Waals surface area contributed by atoms with Gasteiger partial charge in [0.2, 0.25) is 0 Å². The van der Waals surface area contributed by atoms with Crippen LogP contribution in [-0.2, 0) is 6.42 Å². The van der Waals surface area contributed by atoms with Crippen molar-refractivity contribution in [3.63, 3.8) is 0 Å². The zero-order valence-corrected chi connectivity index (χ0v) is 15.0. The van der Waals surface area contributed by atoms with Gasteiger partial charge >= 0.3 is 0 Å². The number of amides is 1. The SMILES string of the molecule is C[C@H](CCc1ccccc1)NC[C@@H](O)c1ccc(O)c(C(N)=O)c1.Cl. The molecule has 2 rings (SSSR count). The minimum atomic E-state index is -0.775. The van der Waals surface area contributed by atoms with Crippen LogP contribution in [0.2, 0.25) is 0 Å². The van der Waals surface area contributed by atoms with Crippen molar-refractivity contribution in [3.8, 4) is 5.75 Å². The molecule has 1 amide bonds. The van der Waals surface area contributed by atoms with E-state index in [1.807, 2.05) is 18.2 Å². The van der Waals surface area contributed by atoms with Gasteiger partial charge in [-0.05, 0) is 43.0 Å². The number of aliphatic hydroxyl groups excluding tert-OH is 1. The molecule has 0 radical (unpaired) electrons. The smallest absolute Gasteiger partial charge is 0.252 e. The summed E-state index contributed by atoms with van der Waals surface area (Å²) in [5.41, 5.74) is 7.06. The van der Waals surface area contributed by atoms with Crippen molar-refractivity contribution >= 4 is 18.3 Å². The van der Waals surface area contributed by atoms with Crippen LogP contribution >= 0.6 is 12.4 Å². The Balaban J connectivity index is 0.00000312. The molecule has 0 aliphatic heterocycles. The van der Waals surface area contributed by atoms with Gasteiger partial charge in [0, 0.05) is 12.6 Å². The number of primary amides is 1. The lowest BCUT2D eigenvalue weighted by Crippen LogP contribution is -2.31. The van der Waals surface area contributed by atoms with Crippen LogP contribution in [-0.4, -0.2) is 28.7 Å². The fourth-order valence-electron chi connectivity index (χ4n) is 2.52. The van der Waals surface area contributed by atoms with Gasteiger partial charge in [-0.15, -0.1) is 12.4 Å². The van der Waals surface area contributed by atoms with Gasteiger partial charge in [-0.2, -0.15) is 0 Å². The fraction of sp³-hybridized carbons (Fsp3) is 0.316. The molecule has 0 fully saturated rings. The van der Waals surface area contributed by atoms with Crippen LogP contribution in [0.4, 0.5) is 0 Å². The van der Waals surface area contributed by atoms with E-state index in [1.165, 1.54) is 17.7 Å². The molecule has 0 aliphatic rings. The number of nitrogens with two attached hydrogens (primary N) is 1. The first kappa shape index (κ1) is 21.0. The van der Waals surface area contributed by atoms with Gasteiger partial charge in [-0.1, -0.05) is 36.4 Å². The summed E-state index contributed by atoms with van der Waals surface area (Å²) in [5.74, 6) is -0.895. The van der Waals surface area contributed by atoms with Crippen LogP contribution < -0.4 is 11.1 Å². The summed E-state index contributed by atoms with van der Waals surface area (Å²) in [6.45, 7) is 2.43. The lowest BCUT2D eigenvalue weighted by atomic mass is 10.0. The number of halogens is 1. The highest BCUT2D eigenvalue weighted by atomic mass is 35.5. The predicted octanol–water partition coefficient (Wildman–Crippen LogP) is 2.56. The quantitative estimate of drug-likeness (QED) is 0.579. The summed E-state index contributed by atoms with van der Waals surface area (Å²) >= 11 is 0. The molecule has 5 N–H and O–H groups in total. The maximum Gasteiger partial charge on any atom is 0.252 e. The molecule has 0 saturated heterocycles. The van der Waals surface area contributed by atoms with Crippen molar-refractivity contribution in [2.24, 2.45) is 5.73 Å². The Bertz CT molecular complexity index is 680. The third kappa shape index (κ3) is 6.38. The lowest BCUT2D eigenvalue weighted by molar-refractivity contribution is 0.0997. The van der Waals surface area contributed by atoms with Crippen LogP contribution in [0, 0.1) is 0 Å². The second-order valence-electron chi connectivity index (χ2n) is 5.99. The molecule has 0 spiro atoms. The number of carbonyl (C=O) groups excluding carboxylic acids is 1. The number of benzene rings is 2. The van der Waals surface area contributed by atoms with Crippen molar-refractivity contribution in [3.05, 3.63) is 65.2 Å². The second kappa shape index (κ2) is 10.0. The maximum atomic E-state index is 11.2. The van der Waals surface area contributed by atoms with E-state index < -0.39 is 12.0 Å². The van der Waals surface area contributed by atoms with E-state index >= 15 is 0 Å². The number of rotatable bonds is 8. The van der Waals surface area contributed by atoms with Crippen LogP contribution in [0.5, 0.6) is 5.75 Å². The zero-order valence-electron chi connectivity index (χ0n) is 14.2. The van der Waals surface area contributed by atoms with Gasteiger partial charge < -0.3 is 21.3 Å². The molecule has 136 valence electrons. The molecular formula is C19H25ClN2O3. The highest BCUT2D eigenvalue weighted by molar-refractivity contribution is 5.95. The van der Waals surface area contributed by atoms with E-state index in [1.54, 1.807) is 6.07 Å². The zero-order chi connectivity index (χ0) is 17.5. The van der Waals surface area contributed by atoms with Crippen molar-refractivity contribution in [1.29, 1.82) is 0 Å². The molecule has 0 aromatic heterocycles. The molecule has 0 aliphatic carbocycles. The van der Waals surface area contributed by atoms with E-state index in [-0.39, 0.29) is 29.8 Å². The highest BCUT2D eigenvalue weighted by Gasteiger charge is 2.14. The van der Waals surface area contributed by atoms with Gasteiger partial charge in [0.05, 0.1) is 11.7 Å². The summed E-state index contributed by atoms with van der Waals surface area (Å²) < 4.78 is 0. The normalized spacial score (nSPS) is 12.9. The topological polar surface area (TPSA) is 95.6 Å². The monoisotopic (exact) mass is 364 g/mol. The van der Waals surface area contributed by atoms with Crippen LogP contribution in [0.25, 0.3) is 0 Å². The molecule has 0 bridgehead atoms. The summed E-state index contributed by atoms with van der Waals surface area (Å²) in [7, 11) is 0. The Morgan fingerprint density at radius 1 is 1.20 bits per heavy atom. The summed E-state index contributed by atoms with van der Waals surface area (Å²) in [6.07, 6.45) is 1.15. The molecule has 0 unspecified atom stereocenters. The number of aryl methyl sites for hydroxylation is 1. The molecule has 2 aromatic rings. The predicted molar refractivity (Wildman–Crippen MR) is 101 cm³/mol. The highest BCUT2D eigenvalue weighted by Crippen LogP contribution is 2.22. The summed E-state index contributed by atoms with van der Waals surface area (Å²) in [5, 5.41) is 23.1. The van der Waals surface area contributed by atoms with Gasteiger partial charge in [-0.25, -0.2) is 0 Å². The molecule has 6 heteroatoms.